The lowest BCUT2D eigenvalue weighted by Crippen LogP contribution is -2.53. The highest BCUT2D eigenvalue weighted by Crippen LogP contribution is 2.32. The Bertz CT molecular complexity index is 1150. The van der Waals surface area contributed by atoms with E-state index in [-0.39, 0.29) is 24.3 Å². The smallest absolute Gasteiger partial charge is 0.468 e. The van der Waals surface area contributed by atoms with Gasteiger partial charge in [0.1, 0.15) is 11.6 Å². The maximum absolute atomic E-state index is 12.7. The number of carbonyl (C=O) groups excluding carboxylic acids is 4. The van der Waals surface area contributed by atoms with Crippen molar-refractivity contribution < 1.29 is 47.6 Å². The number of rotatable bonds is 11. The summed E-state index contributed by atoms with van der Waals surface area (Å²) in [5.74, 6) is -1.58. The molecule has 0 saturated heterocycles. The van der Waals surface area contributed by atoms with Crippen LogP contribution in [0.25, 0.3) is 0 Å². The van der Waals surface area contributed by atoms with E-state index in [1.807, 2.05) is 0 Å². The Hall–Kier alpha value is -4.12. The normalized spacial score (nSPS) is 13.2. The van der Waals surface area contributed by atoms with Gasteiger partial charge in [-0.15, -0.1) is 0 Å². The van der Waals surface area contributed by atoms with E-state index in [1.54, 1.807) is 65.0 Å². The van der Waals surface area contributed by atoms with Crippen LogP contribution in [0.3, 0.4) is 0 Å². The molecule has 0 aliphatic carbocycles. The van der Waals surface area contributed by atoms with E-state index in [0.717, 1.165) is 0 Å². The van der Waals surface area contributed by atoms with Crippen LogP contribution in [0.2, 0.25) is 0 Å². The van der Waals surface area contributed by atoms with E-state index in [2.05, 4.69) is 0 Å². The number of benzene rings is 2. The summed E-state index contributed by atoms with van der Waals surface area (Å²) >= 11 is 0. The molecule has 39 heavy (non-hydrogen) atoms. The highest BCUT2D eigenvalue weighted by Gasteiger charge is 2.38. The van der Waals surface area contributed by atoms with Crippen molar-refractivity contribution in [2.75, 3.05) is 7.11 Å². The zero-order chi connectivity index (χ0) is 29.2. The van der Waals surface area contributed by atoms with Crippen LogP contribution in [0.1, 0.15) is 57.0 Å². The molecule has 0 fully saturated rings. The van der Waals surface area contributed by atoms with Crippen molar-refractivity contribution in [1.29, 1.82) is 0 Å². The molecule has 2 aromatic carbocycles. The molecule has 0 bridgehead atoms. The summed E-state index contributed by atoms with van der Waals surface area (Å²) < 4.78 is 30.9. The molecule has 0 amide bonds. The summed E-state index contributed by atoms with van der Waals surface area (Å²) in [5, 5.41) is 0. The minimum Gasteiger partial charge on any atom is -0.468 e. The summed E-state index contributed by atoms with van der Waals surface area (Å²) in [5.41, 5.74) is 5.65. The number of methoxy groups -OCH3 is 1. The third-order valence-electron chi connectivity index (χ3n) is 5.14. The highest BCUT2D eigenvalue weighted by atomic mass is 16.7. The Labute approximate surface area is 227 Å². The number of ether oxygens (including phenoxy) is 6. The SMILES string of the molecule is COC(=O)[C@](N)(Cc1ccc(OC(=O)OC(C)C)c(OC(=O)OC(C)C)c1)CC(C)OC(=O)c1ccccc1. The van der Waals surface area contributed by atoms with Crippen LogP contribution < -0.4 is 15.2 Å². The van der Waals surface area contributed by atoms with Crippen LogP contribution in [0.5, 0.6) is 11.5 Å². The molecule has 0 aromatic heterocycles. The van der Waals surface area contributed by atoms with Gasteiger partial charge in [0, 0.05) is 12.8 Å². The molecular formula is C28H35NO10. The summed E-state index contributed by atoms with van der Waals surface area (Å²) in [7, 11) is 1.19. The molecule has 0 spiro atoms. The molecule has 0 heterocycles. The predicted molar refractivity (Wildman–Crippen MR) is 140 cm³/mol. The molecule has 2 N–H and O–H groups in total. The van der Waals surface area contributed by atoms with E-state index in [9.17, 15) is 19.2 Å². The van der Waals surface area contributed by atoms with Crippen LogP contribution in [-0.4, -0.2) is 55.2 Å². The van der Waals surface area contributed by atoms with Crippen LogP contribution in [0, 0.1) is 0 Å². The second-order valence-corrected chi connectivity index (χ2v) is 9.43. The van der Waals surface area contributed by atoms with Gasteiger partial charge in [0.05, 0.1) is 24.9 Å². The molecule has 0 aliphatic heterocycles. The van der Waals surface area contributed by atoms with Crippen molar-refractivity contribution in [3.63, 3.8) is 0 Å². The monoisotopic (exact) mass is 545 g/mol. The van der Waals surface area contributed by atoms with E-state index in [4.69, 9.17) is 34.2 Å². The Morgan fingerprint density at radius 3 is 1.90 bits per heavy atom. The van der Waals surface area contributed by atoms with E-state index in [0.29, 0.717) is 11.1 Å². The van der Waals surface area contributed by atoms with Gasteiger partial charge in [0.2, 0.25) is 0 Å². The minimum atomic E-state index is -1.63. The first-order valence-corrected chi connectivity index (χ1v) is 12.4. The average molecular weight is 546 g/mol. The van der Waals surface area contributed by atoms with E-state index in [1.165, 1.54) is 25.3 Å². The number of nitrogens with two attached hydrogens (primary N) is 1. The number of hydrogen-bond donors (Lipinski definition) is 1. The van der Waals surface area contributed by atoms with Crippen LogP contribution in [0.15, 0.2) is 48.5 Å². The zero-order valence-corrected chi connectivity index (χ0v) is 22.9. The van der Waals surface area contributed by atoms with Gasteiger partial charge in [-0.05, 0) is 64.4 Å². The fourth-order valence-electron chi connectivity index (χ4n) is 3.61. The molecule has 0 saturated carbocycles. The average Bonchev–Trinajstić information content (AvgIpc) is 2.84. The standard InChI is InChI=1S/C28H35NO10/c1-17(2)35-26(32)38-22-13-12-20(14-23(22)39-27(33)36-18(3)4)16-28(29,25(31)34-6)15-19(5)37-24(30)21-10-8-7-9-11-21/h7-14,17-19H,15-16,29H2,1-6H3/t19?,28-/m1/s1. The highest BCUT2D eigenvalue weighted by molar-refractivity contribution is 5.89. The summed E-state index contributed by atoms with van der Waals surface area (Å²) in [6.07, 6.45) is -3.88. The van der Waals surface area contributed by atoms with Crippen molar-refractivity contribution >= 4 is 24.2 Å². The third kappa shape index (κ3) is 9.93. The largest absolute Gasteiger partial charge is 0.514 e. The van der Waals surface area contributed by atoms with Gasteiger partial charge in [0.15, 0.2) is 11.5 Å². The van der Waals surface area contributed by atoms with E-state index >= 15 is 0 Å². The molecule has 11 nitrogen and oxygen atoms in total. The van der Waals surface area contributed by atoms with Gasteiger partial charge in [-0.3, -0.25) is 4.79 Å². The van der Waals surface area contributed by atoms with Gasteiger partial charge in [-0.2, -0.15) is 0 Å². The second kappa shape index (κ2) is 14.1. The fraction of sp³-hybridized carbons (Fsp3) is 0.429. The van der Waals surface area contributed by atoms with E-state index < -0.39 is 48.1 Å². The Kier molecular flexibility index (Phi) is 11.3. The lowest BCUT2D eigenvalue weighted by Gasteiger charge is -2.29. The first-order chi connectivity index (χ1) is 18.3. The molecule has 2 atom stereocenters. The summed E-state index contributed by atoms with van der Waals surface area (Å²) in [4.78, 5) is 49.5. The number of esters is 2. The number of hydrogen-bond acceptors (Lipinski definition) is 11. The van der Waals surface area contributed by atoms with Crippen LogP contribution in [-0.2, 0) is 30.2 Å². The van der Waals surface area contributed by atoms with Gasteiger partial charge in [-0.1, -0.05) is 24.3 Å². The van der Waals surface area contributed by atoms with Crippen molar-refractivity contribution in [3.8, 4) is 11.5 Å². The van der Waals surface area contributed by atoms with Crippen molar-refractivity contribution in [1.82, 2.24) is 0 Å². The minimum absolute atomic E-state index is 0.0806. The maximum atomic E-state index is 12.7. The zero-order valence-electron chi connectivity index (χ0n) is 22.9. The Morgan fingerprint density at radius 2 is 1.36 bits per heavy atom. The lowest BCUT2D eigenvalue weighted by molar-refractivity contribution is -0.148. The Balaban J connectivity index is 2.30. The summed E-state index contributed by atoms with van der Waals surface area (Å²) in [6, 6.07) is 12.7. The third-order valence-corrected chi connectivity index (χ3v) is 5.14. The molecule has 1 unspecified atom stereocenters. The van der Waals surface area contributed by atoms with Gasteiger partial charge in [-0.25, -0.2) is 14.4 Å². The quantitative estimate of drug-likeness (QED) is 0.240. The molecule has 0 radical (unpaired) electrons. The summed E-state index contributed by atoms with van der Waals surface area (Å²) in [6.45, 7) is 8.18. The Morgan fingerprint density at radius 1 is 0.795 bits per heavy atom. The topological polar surface area (TPSA) is 150 Å². The van der Waals surface area contributed by atoms with Gasteiger partial charge >= 0.3 is 24.2 Å². The molecular weight excluding hydrogens is 510 g/mol. The number of carbonyl (C=O) groups is 4. The molecule has 212 valence electrons. The van der Waals surface area contributed by atoms with Crippen LogP contribution in [0.4, 0.5) is 9.59 Å². The molecule has 2 rings (SSSR count). The first-order valence-electron chi connectivity index (χ1n) is 12.4. The van der Waals surface area contributed by atoms with Crippen molar-refractivity contribution in [3.05, 3.63) is 59.7 Å². The van der Waals surface area contributed by atoms with Gasteiger partial charge in [0.25, 0.3) is 0 Å². The van der Waals surface area contributed by atoms with Crippen molar-refractivity contribution in [2.24, 2.45) is 5.73 Å². The maximum Gasteiger partial charge on any atom is 0.514 e. The molecule has 0 aliphatic rings. The molecule has 11 heteroatoms. The first kappa shape index (κ1) is 31.1. The fourth-order valence-corrected chi connectivity index (χ4v) is 3.61. The van der Waals surface area contributed by atoms with Crippen molar-refractivity contribution in [2.45, 2.75) is 71.3 Å². The predicted octanol–water partition coefficient (Wildman–Crippen LogP) is 4.58. The second-order valence-electron chi connectivity index (χ2n) is 9.43. The van der Waals surface area contributed by atoms with Gasteiger partial charge < -0.3 is 34.2 Å². The van der Waals surface area contributed by atoms with Crippen LogP contribution >= 0.6 is 0 Å². The lowest BCUT2D eigenvalue weighted by atomic mass is 9.86. The molecule has 2 aromatic rings.